The molecule has 1 aliphatic carbocycles. The fourth-order valence-electron chi connectivity index (χ4n) is 1.95. The van der Waals surface area contributed by atoms with Crippen molar-refractivity contribution in [2.45, 2.75) is 50.8 Å². The Labute approximate surface area is 81.0 Å². The number of hydrogen-bond donors (Lipinski definition) is 2. The summed E-state index contributed by atoms with van der Waals surface area (Å²) in [6, 6.07) is 0.658. The summed E-state index contributed by atoms with van der Waals surface area (Å²) in [5.41, 5.74) is 5.49. The zero-order valence-corrected chi connectivity index (χ0v) is 8.59. The number of ether oxygens (including phenoxy) is 1. The van der Waals surface area contributed by atoms with Gasteiger partial charge in [-0.05, 0) is 25.8 Å². The minimum absolute atomic E-state index is 0.160. The number of nitrogens with one attached hydrogen (secondary N) is 1. The molecular weight excluding hydrogens is 164 g/mol. The van der Waals surface area contributed by atoms with E-state index in [1.165, 1.54) is 32.1 Å². The SMILES string of the molecule is COC(CCN)NC1CCCCC1. The van der Waals surface area contributed by atoms with Crippen LogP contribution in [0.3, 0.4) is 0 Å². The van der Waals surface area contributed by atoms with E-state index < -0.39 is 0 Å². The van der Waals surface area contributed by atoms with E-state index in [2.05, 4.69) is 5.32 Å². The van der Waals surface area contributed by atoms with Gasteiger partial charge in [0.15, 0.2) is 0 Å². The van der Waals surface area contributed by atoms with Gasteiger partial charge in [0.1, 0.15) is 6.23 Å². The standard InChI is InChI=1S/C10H22N2O/c1-13-10(7-8-11)12-9-5-3-2-4-6-9/h9-10,12H,2-8,11H2,1H3. The normalized spacial score (nSPS) is 21.7. The highest BCUT2D eigenvalue weighted by atomic mass is 16.5. The second-order valence-electron chi connectivity index (χ2n) is 3.80. The Kier molecular flexibility index (Phi) is 5.35. The monoisotopic (exact) mass is 186 g/mol. The van der Waals surface area contributed by atoms with Crippen LogP contribution in [0.5, 0.6) is 0 Å². The third kappa shape index (κ3) is 4.07. The van der Waals surface area contributed by atoms with Crippen molar-refractivity contribution in [3.63, 3.8) is 0 Å². The van der Waals surface area contributed by atoms with E-state index in [1.807, 2.05) is 0 Å². The van der Waals surface area contributed by atoms with Gasteiger partial charge in [0, 0.05) is 13.2 Å². The number of methoxy groups -OCH3 is 1. The molecule has 78 valence electrons. The Morgan fingerprint density at radius 3 is 2.62 bits per heavy atom. The molecule has 0 aliphatic heterocycles. The van der Waals surface area contributed by atoms with Crippen molar-refractivity contribution >= 4 is 0 Å². The van der Waals surface area contributed by atoms with Crippen molar-refractivity contribution in [1.82, 2.24) is 5.32 Å². The summed E-state index contributed by atoms with van der Waals surface area (Å²) in [5, 5.41) is 3.50. The smallest absolute Gasteiger partial charge is 0.109 e. The molecule has 0 heterocycles. The molecule has 0 aromatic heterocycles. The van der Waals surface area contributed by atoms with Crippen LogP contribution in [0.25, 0.3) is 0 Å². The molecule has 3 heteroatoms. The molecule has 3 nitrogen and oxygen atoms in total. The molecule has 0 amide bonds. The Bertz CT molecular complexity index is 121. The summed E-state index contributed by atoms with van der Waals surface area (Å²) in [6.07, 6.45) is 7.77. The first-order valence-corrected chi connectivity index (χ1v) is 5.35. The largest absolute Gasteiger partial charge is 0.367 e. The highest BCUT2D eigenvalue weighted by Crippen LogP contribution is 2.18. The minimum atomic E-state index is 0.160. The molecule has 0 bridgehead atoms. The summed E-state index contributed by atoms with van der Waals surface area (Å²) in [5.74, 6) is 0. The van der Waals surface area contributed by atoms with Crippen molar-refractivity contribution in [2.75, 3.05) is 13.7 Å². The highest BCUT2D eigenvalue weighted by Gasteiger charge is 2.16. The van der Waals surface area contributed by atoms with E-state index in [4.69, 9.17) is 10.5 Å². The van der Waals surface area contributed by atoms with Crippen LogP contribution >= 0.6 is 0 Å². The van der Waals surface area contributed by atoms with Gasteiger partial charge in [0.25, 0.3) is 0 Å². The highest BCUT2D eigenvalue weighted by molar-refractivity contribution is 4.73. The van der Waals surface area contributed by atoms with Crippen LogP contribution in [0.2, 0.25) is 0 Å². The Balaban J connectivity index is 2.18. The van der Waals surface area contributed by atoms with Gasteiger partial charge in [-0.1, -0.05) is 19.3 Å². The number of nitrogens with two attached hydrogens (primary N) is 1. The fraction of sp³-hybridized carbons (Fsp3) is 1.00. The lowest BCUT2D eigenvalue weighted by atomic mass is 9.95. The van der Waals surface area contributed by atoms with E-state index in [9.17, 15) is 0 Å². The molecule has 1 unspecified atom stereocenters. The van der Waals surface area contributed by atoms with Crippen molar-refractivity contribution in [3.8, 4) is 0 Å². The lowest BCUT2D eigenvalue weighted by Gasteiger charge is -2.27. The predicted molar refractivity (Wildman–Crippen MR) is 54.5 cm³/mol. The lowest BCUT2D eigenvalue weighted by Crippen LogP contribution is -2.41. The first-order chi connectivity index (χ1) is 6.36. The molecule has 0 aromatic carbocycles. The van der Waals surface area contributed by atoms with Crippen LogP contribution in [0.4, 0.5) is 0 Å². The van der Waals surface area contributed by atoms with Gasteiger partial charge in [-0.2, -0.15) is 0 Å². The van der Waals surface area contributed by atoms with Crippen LogP contribution < -0.4 is 11.1 Å². The summed E-state index contributed by atoms with van der Waals surface area (Å²) in [7, 11) is 1.75. The van der Waals surface area contributed by atoms with Gasteiger partial charge in [-0.25, -0.2) is 0 Å². The fourth-order valence-corrected chi connectivity index (χ4v) is 1.95. The maximum Gasteiger partial charge on any atom is 0.109 e. The Hall–Kier alpha value is -0.120. The molecule has 0 aromatic rings. The first kappa shape index (κ1) is 11.0. The first-order valence-electron chi connectivity index (χ1n) is 5.35. The van der Waals surface area contributed by atoms with Crippen molar-refractivity contribution in [3.05, 3.63) is 0 Å². The topological polar surface area (TPSA) is 47.3 Å². The molecule has 1 saturated carbocycles. The van der Waals surface area contributed by atoms with Gasteiger partial charge in [-0.15, -0.1) is 0 Å². The molecular formula is C10H22N2O. The third-order valence-corrected chi connectivity index (χ3v) is 2.74. The molecule has 0 saturated heterocycles. The van der Waals surface area contributed by atoms with Crippen LogP contribution in [-0.4, -0.2) is 25.9 Å². The summed E-state index contributed by atoms with van der Waals surface area (Å²) in [6.45, 7) is 0.693. The van der Waals surface area contributed by atoms with E-state index in [1.54, 1.807) is 7.11 Å². The maximum absolute atomic E-state index is 5.49. The molecule has 3 N–H and O–H groups in total. The lowest BCUT2D eigenvalue weighted by molar-refractivity contribution is 0.0534. The maximum atomic E-state index is 5.49. The van der Waals surface area contributed by atoms with E-state index in [0.29, 0.717) is 12.6 Å². The average Bonchev–Trinajstić information content (AvgIpc) is 2.19. The second kappa shape index (κ2) is 6.35. The molecule has 1 aliphatic rings. The molecule has 1 rings (SSSR count). The molecule has 1 atom stereocenters. The zero-order chi connectivity index (χ0) is 9.52. The minimum Gasteiger partial charge on any atom is -0.367 e. The van der Waals surface area contributed by atoms with E-state index in [0.717, 1.165) is 6.42 Å². The summed E-state index contributed by atoms with van der Waals surface area (Å²) in [4.78, 5) is 0. The molecule has 13 heavy (non-hydrogen) atoms. The summed E-state index contributed by atoms with van der Waals surface area (Å²) < 4.78 is 5.30. The predicted octanol–water partition coefficient (Wildman–Crippen LogP) is 1.23. The Morgan fingerprint density at radius 2 is 2.08 bits per heavy atom. The van der Waals surface area contributed by atoms with Crippen molar-refractivity contribution in [1.29, 1.82) is 0 Å². The van der Waals surface area contributed by atoms with E-state index in [-0.39, 0.29) is 6.23 Å². The van der Waals surface area contributed by atoms with Gasteiger partial charge in [-0.3, -0.25) is 5.32 Å². The van der Waals surface area contributed by atoms with Crippen LogP contribution in [0, 0.1) is 0 Å². The average molecular weight is 186 g/mol. The van der Waals surface area contributed by atoms with Crippen molar-refractivity contribution in [2.24, 2.45) is 5.73 Å². The molecule has 1 fully saturated rings. The van der Waals surface area contributed by atoms with Crippen molar-refractivity contribution < 1.29 is 4.74 Å². The molecule has 0 spiro atoms. The van der Waals surface area contributed by atoms with Crippen LogP contribution in [-0.2, 0) is 4.74 Å². The van der Waals surface area contributed by atoms with Gasteiger partial charge < -0.3 is 10.5 Å². The van der Waals surface area contributed by atoms with Gasteiger partial charge >= 0.3 is 0 Å². The second-order valence-corrected chi connectivity index (χ2v) is 3.80. The van der Waals surface area contributed by atoms with Crippen LogP contribution in [0.15, 0.2) is 0 Å². The number of hydrogen-bond acceptors (Lipinski definition) is 3. The zero-order valence-electron chi connectivity index (χ0n) is 8.59. The summed E-state index contributed by atoms with van der Waals surface area (Å²) >= 11 is 0. The van der Waals surface area contributed by atoms with E-state index >= 15 is 0 Å². The number of rotatable bonds is 5. The third-order valence-electron chi connectivity index (χ3n) is 2.74. The van der Waals surface area contributed by atoms with Gasteiger partial charge in [0.05, 0.1) is 0 Å². The molecule has 0 radical (unpaired) electrons. The van der Waals surface area contributed by atoms with Crippen LogP contribution in [0.1, 0.15) is 38.5 Å². The Morgan fingerprint density at radius 1 is 1.38 bits per heavy atom. The van der Waals surface area contributed by atoms with Gasteiger partial charge in [0.2, 0.25) is 0 Å². The quantitative estimate of drug-likeness (QED) is 0.635.